The molecule has 0 saturated carbocycles. The van der Waals surface area contributed by atoms with Crippen LogP contribution in [0.1, 0.15) is 303 Å². The highest BCUT2D eigenvalue weighted by Crippen LogP contribution is 2.17. The van der Waals surface area contributed by atoms with Crippen molar-refractivity contribution in [3.05, 3.63) is 24.3 Å². The molecule has 6 heteroatoms. The standard InChI is InChI=1S/C57H109NO5/c1-3-5-7-9-11-13-15-16-17-18-21-24-27-31-35-39-43-47-51-57(62)63-52-48-44-40-36-32-28-25-22-19-20-23-26-30-34-38-42-46-50-56(61)58-54(53-59)55(60)49-45-41-37-33-29-14-12-10-8-6-4-2/h19,22,28,32,54-55,59-60H,3-18,20-21,23-27,29-31,33-53H2,1-2H3,(H,58,61)/b22-19-,32-28-. The third-order valence-electron chi connectivity index (χ3n) is 13.0. The maximum Gasteiger partial charge on any atom is 0.305 e. The number of amides is 1. The first kappa shape index (κ1) is 61.3. The van der Waals surface area contributed by atoms with Crippen LogP contribution in [-0.2, 0) is 14.3 Å². The zero-order chi connectivity index (χ0) is 45.8. The van der Waals surface area contributed by atoms with Gasteiger partial charge < -0.3 is 20.3 Å². The Morgan fingerprint density at radius 1 is 0.444 bits per heavy atom. The first-order chi connectivity index (χ1) is 31.0. The van der Waals surface area contributed by atoms with E-state index in [-0.39, 0.29) is 18.5 Å². The summed E-state index contributed by atoms with van der Waals surface area (Å²) in [7, 11) is 0. The van der Waals surface area contributed by atoms with E-state index >= 15 is 0 Å². The largest absolute Gasteiger partial charge is 0.466 e. The molecule has 0 aliphatic rings. The van der Waals surface area contributed by atoms with Gasteiger partial charge in [-0.1, -0.05) is 250 Å². The lowest BCUT2D eigenvalue weighted by molar-refractivity contribution is -0.143. The SMILES string of the molecule is CCCCCCCCCCCCCCCCCCCCC(=O)OCCCCC/C=C\C/C=C\CCCCCCCCCC(=O)NC(CO)C(O)CCCCCCCCCCCCC. The summed E-state index contributed by atoms with van der Waals surface area (Å²) in [5.41, 5.74) is 0. The van der Waals surface area contributed by atoms with Crippen LogP contribution in [0.15, 0.2) is 24.3 Å². The fraction of sp³-hybridized carbons (Fsp3) is 0.895. The Bertz CT molecular complexity index is 982. The molecule has 0 saturated heterocycles. The molecule has 0 aliphatic carbocycles. The number of carbonyl (C=O) groups is 2. The number of hydrogen-bond acceptors (Lipinski definition) is 5. The van der Waals surface area contributed by atoms with Gasteiger partial charge in [-0.15, -0.1) is 0 Å². The molecule has 1 amide bonds. The zero-order valence-electron chi connectivity index (χ0n) is 42.3. The lowest BCUT2D eigenvalue weighted by atomic mass is 10.0. The van der Waals surface area contributed by atoms with Crippen LogP contribution >= 0.6 is 0 Å². The van der Waals surface area contributed by atoms with Crippen molar-refractivity contribution in [3.8, 4) is 0 Å². The maximum absolute atomic E-state index is 12.4. The van der Waals surface area contributed by atoms with E-state index < -0.39 is 12.1 Å². The number of aliphatic hydroxyl groups excluding tert-OH is 2. The van der Waals surface area contributed by atoms with Gasteiger partial charge in [0.25, 0.3) is 0 Å². The summed E-state index contributed by atoms with van der Waals surface area (Å²) in [5, 5.41) is 23.1. The second-order valence-electron chi connectivity index (χ2n) is 19.3. The molecular weight excluding hydrogens is 779 g/mol. The summed E-state index contributed by atoms with van der Waals surface area (Å²) in [6.07, 6.45) is 63.1. The predicted molar refractivity (Wildman–Crippen MR) is 273 cm³/mol. The van der Waals surface area contributed by atoms with Crippen molar-refractivity contribution in [2.24, 2.45) is 0 Å². The van der Waals surface area contributed by atoms with E-state index in [1.165, 1.54) is 186 Å². The fourth-order valence-corrected chi connectivity index (χ4v) is 8.67. The van der Waals surface area contributed by atoms with Gasteiger partial charge in [-0.3, -0.25) is 9.59 Å². The van der Waals surface area contributed by atoms with Gasteiger partial charge in [0.15, 0.2) is 0 Å². The number of rotatable bonds is 52. The number of hydrogen-bond donors (Lipinski definition) is 3. The number of ether oxygens (including phenoxy) is 1. The highest BCUT2D eigenvalue weighted by Gasteiger charge is 2.20. The number of allylic oxidation sites excluding steroid dienone is 4. The molecule has 0 radical (unpaired) electrons. The van der Waals surface area contributed by atoms with E-state index in [0.717, 1.165) is 83.5 Å². The van der Waals surface area contributed by atoms with Crippen molar-refractivity contribution in [2.45, 2.75) is 315 Å². The van der Waals surface area contributed by atoms with Crippen molar-refractivity contribution >= 4 is 11.9 Å². The van der Waals surface area contributed by atoms with Gasteiger partial charge in [-0.2, -0.15) is 0 Å². The van der Waals surface area contributed by atoms with Crippen LogP contribution in [0.2, 0.25) is 0 Å². The van der Waals surface area contributed by atoms with Gasteiger partial charge >= 0.3 is 5.97 Å². The fourth-order valence-electron chi connectivity index (χ4n) is 8.67. The zero-order valence-corrected chi connectivity index (χ0v) is 42.3. The molecule has 372 valence electrons. The van der Waals surface area contributed by atoms with Gasteiger partial charge in [0, 0.05) is 12.8 Å². The first-order valence-electron chi connectivity index (χ1n) is 28.1. The van der Waals surface area contributed by atoms with Gasteiger partial charge in [0.1, 0.15) is 0 Å². The Morgan fingerprint density at radius 2 is 0.794 bits per heavy atom. The van der Waals surface area contributed by atoms with E-state index in [1.54, 1.807) is 0 Å². The van der Waals surface area contributed by atoms with E-state index in [2.05, 4.69) is 43.5 Å². The molecule has 0 spiro atoms. The smallest absolute Gasteiger partial charge is 0.305 e. The monoisotopic (exact) mass is 888 g/mol. The number of nitrogens with one attached hydrogen (secondary N) is 1. The molecule has 0 aliphatic heterocycles. The molecule has 0 rings (SSSR count). The van der Waals surface area contributed by atoms with Crippen LogP contribution in [0.5, 0.6) is 0 Å². The summed E-state index contributed by atoms with van der Waals surface area (Å²) >= 11 is 0. The molecule has 0 aromatic heterocycles. The van der Waals surface area contributed by atoms with Crippen LogP contribution in [0.25, 0.3) is 0 Å². The summed E-state index contributed by atoms with van der Waals surface area (Å²) in [4.78, 5) is 24.5. The summed E-state index contributed by atoms with van der Waals surface area (Å²) in [6.45, 7) is 4.91. The molecule has 0 heterocycles. The second kappa shape index (κ2) is 53.0. The number of carbonyl (C=O) groups excluding carboxylic acids is 2. The van der Waals surface area contributed by atoms with Gasteiger partial charge in [0.05, 0.1) is 25.4 Å². The molecule has 0 aromatic carbocycles. The van der Waals surface area contributed by atoms with Gasteiger partial charge in [-0.25, -0.2) is 0 Å². The van der Waals surface area contributed by atoms with E-state index in [9.17, 15) is 19.8 Å². The minimum atomic E-state index is -0.673. The van der Waals surface area contributed by atoms with Crippen molar-refractivity contribution in [1.82, 2.24) is 5.32 Å². The third kappa shape index (κ3) is 49.6. The van der Waals surface area contributed by atoms with E-state index in [4.69, 9.17) is 4.74 Å². The van der Waals surface area contributed by atoms with Crippen molar-refractivity contribution in [2.75, 3.05) is 13.2 Å². The average Bonchev–Trinajstić information content (AvgIpc) is 3.28. The molecular formula is C57H109NO5. The number of aliphatic hydroxyl groups is 2. The average molecular weight is 889 g/mol. The normalized spacial score (nSPS) is 12.8. The van der Waals surface area contributed by atoms with Crippen molar-refractivity contribution in [3.63, 3.8) is 0 Å². The number of esters is 1. The lowest BCUT2D eigenvalue weighted by Gasteiger charge is -2.22. The Morgan fingerprint density at radius 3 is 1.21 bits per heavy atom. The maximum atomic E-state index is 12.4. The van der Waals surface area contributed by atoms with Crippen LogP contribution < -0.4 is 5.32 Å². The molecule has 2 atom stereocenters. The Labute approximate surface area is 392 Å². The molecule has 0 fully saturated rings. The van der Waals surface area contributed by atoms with E-state index in [0.29, 0.717) is 25.9 Å². The van der Waals surface area contributed by atoms with Crippen molar-refractivity contribution in [1.29, 1.82) is 0 Å². The molecule has 6 nitrogen and oxygen atoms in total. The molecule has 0 bridgehead atoms. The Hall–Kier alpha value is -1.66. The Kier molecular flexibility index (Phi) is 51.6. The topological polar surface area (TPSA) is 95.9 Å². The van der Waals surface area contributed by atoms with Crippen LogP contribution in [0.4, 0.5) is 0 Å². The van der Waals surface area contributed by atoms with Crippen LogP contribution in [-0.4, -0.2) is 47.4 Å². The molecule has 3 N–H and O–H groups in total. The summed E-state index contributed by atoms with van der Waals surface area (Å²) < 4.78 is 5.46. The molecule has 0 aromatic rings. The van der Waals surface area contributed by atoms with Gasteiger partial charge in [-0.05, 0) is 64.2 Å². The third-order valence-corrected chi connectivity index (χ3v) is 13.0. The number of unbranched alkanes of at least 4 members (excludes halogenated alkanes) is 37. The predicted octanol–water partition coefficient (Wildman–Crippen LogP) is 17.1. The first-order valence-corrected chi connectivity index (χ1v) is 28.1. The minimum Gasteiger partial charge on any atom is -0.466 e. The highest BCUT2D eigenvalue weighted by molar-refractivity contribution is 5.76. The molecule has 2 unspecified atom stereocenters. The minimum absolute atomic E-state index is 0.0112. The summed E-state index contributed by atoms with van der Waals surface area (Å²) in [6, 6.07) is -0.552. The molecule has 63 heavy (non-hydrogen) atoms. The van der Waals surface area contributed by atoms with Crippen molar-refractivity contribution < 1.29 is 24.5 Å². The van der Waals surface area contributed by atoms with Crippen LogP contribution in [0, 0.1) is 0 Å². The van der Waals surface area contributed by atoms with E-state index in [1.807, 2.05) is 0 Å². The second-order valence-corrected chi connectivity index (χ2v) is 19.3. The highest BCUT2D eigenvalue weighted by atomic mass is 16.5. The van der Waals surface area contributed by atoms with Crippen LogP contribution in [0.3, 0.4) is 0 Å². The quantitative estimate of drug-likeness (QED) is 0.0321. The Balaban J connectivity index is 3.46. The lowest BCUT2D eigenvalue weighted by Crippen LogP contribution is -2.45. The summed E-state index contributed by atoms with van der Waals surface area (Å²) in [5.74, 6) is -0.0630. The van der Waals surface area contributed by atoms with Gasteiger partial charge in [0.2, 0.25) is 5.91 Å².